The summed E-state index contributed by atoms with van der Waals surface area (Å²) in [5, 5.41) is 0. The first-order valence-electron chi connectivity index (χ1n) is 7.14. The van der Waals surface area contributed by atoms with Crippen LogP contribution in [0.5, 0.6) is 0 Å². The maximum Gasteiger partial charge on any atom is 0.449 e. The number of amidine groups is 1. The molecule has 0 N–H and O–H groups in total. The molecule has 0 radical (unpaired) electrons. The van der Waals surface area contributed by atoms with Gasteiger partial charge < -0.3 is 4.90 Å². The Morgan fingerprint density at radius 1 is 1.08 bits per heavy atom. The van der Waals surface area contributed by atoms with Crippen molar-refractivity contribution in [3.8, 4) is 0 Å². The minimum Gasteiger partial charge on any atom is -0.359 e. The predicted molar refractivity (Wildman–Crippen MR) is 86.1 cm³/mol. The van der Waals surface area contributed by atoms with Gasteiger partial charge in [0.15, 0.2) is 0 Å². The zero-order valence-electron chi connectivity index (χ0n) is 14.3. The number of hydrogen-bond acceptors (Lipinski definition) is 2. The van der Waals surface area contributed by atoms with Crippen molar-refractivity contribution in [1.82, 2.24) is 4.90 Å². The molecule has 0 atom stereocenters. The van der Waals surface area contributed by atoms with Crippen LogP contribution in [0, 0.1) is 12.7 Å². The fraction of sp³-hybridized carbons (Fsp3) is 0.533. The van der Waals surface area contributed by atoms with Gasteiger partial charge in [0.25, 0.3) is 0 Å². The molecule has 0 spiro atoms. The average molecular weight is 392 g/mol. The van der Waals surface area contributed by atoms with Crippen LogP contribution < -0.4 is 0 Å². The van der Waals surface area contributed by atoms with Gasteiger partial charge in [-0.25, -0.2) is 9.38 Å². The number of aryl methyl sites for hydroxylation is 1. The highest BCUT2D eigenvalue weighted by Gasteiger charge is 2.38. The smallest absolute Gasteiger partial charge is 0.359 e. The van der Waals surface area contributed by atoms with Gasteiger partial charge in [0.1, 0.15) is 11.5 Å². The maximum atomic E-state index is 13.8. The SMILES string of the molecule is CC.Cc1cc(F)c(N=C(N(C)C)C(F)(F)F)cc1SCC(F)(F)F. The second kappa shape index (κ2) is 9.30. The summed E-state index contributed by atoms with van der Waals surface area (Å²) in [5.41, 5.74) is -0.476. The van der Waals surface area contributed by atoms with E-state index in [0.717, 1.165) is 26.2 Å². The van der Waals surface area contributed by atoms with Crippen LogP contribution in [-0.2, 0) is 0 Å². The molecule has 0 aliphatic heterocycles. The number of benzene rings is 1. The molecule has 0 aliphatic rings. The maximum absolute atomic E-state index is 13.8. The van der Waals surface area contributed by atoms with Crippen LogP contribution in [-0.4, -0.2) is 42.9 Å². The zero-order valence-corrected chi connectivity index (χ0v) is 15.1. The Morgan fingerprint density at radius 3 is 2.00 bits per heavy atom. The second-order valence-corrected chi connectivity index (χ2v) is 5.82. The van der Waals surface area contributed by atoms with E-state index in [-0.39, 0.29) is 10.5 Å². The predicted octanol–water partition coefficient (Wildman–Crippen LogP) is 5.97. The van der Waals surface area contributed by atoms with Gasteiger partial charge in [-0.2, -0.15) is 26.3 Å². The summed E-state index contributed by atoms with van der Waals surface area (Å²) < 4.78 is 89.0. The first kappa shape index (κ1) is 23.5. The summed E-state index contributed by atoms with van der Waals surface area (Å²) in [5.74, 6) is -3.63. The van der Waals surface area contributed by atoms with E-state index in [1.54, 1.807) is 0 Å². The van der Waals surface area contributed by atoms with Crippen molar-refractivity contribution in [3.05, 3.63) is 23.5 Å². The lowest BCUT2D eigenvalue weighted by Gasteiger charge is -2.18. The van der Waals surface area contributed by atoms with Crippen LogP contribution in [0.15, 0.2) is 22.0 Å². The van der Waals surface area contributed by atoms with Gasteiger partial charge in [-0.15, -0.1) is 11.8 Å². The number of rotatable bonds is 3. The van der Waals surface area contributed by atoms with Crippen LogP contribution in [0.25, 0.3) is 0 Å². The second-order valence-electron chi connectivity index (χ2n) is 4.80. The third-order valence-corrected chi connectivity index (χ3v) is 3.76. The van der Waals surface area contributed by atoms with Crippen LogP contribution in [0.4, 0.5) is 36.4 Å². The third kappa shape index (κ3) is 7.98. The number of halogens is 7. The topological polar surface area (TPSA) is 15.6 Å². The van der Waals surface area contributed by atoms with Crippen LogP contribution in [0.3, 0.4) is 0 Å². The zero-order chi connectivity index (χ0) is 20.0. The Hall–Kier alpha value is -1.45. The highest BCUT2D eigenvalue weighted by molar-refractivity contribution is 7.99. The molecule has 0 aromatic heterocycles. The Balaban J connectivity index is 0.00000277. The molecule has 0 bridgehead atoms. The minimum absolute atomic E-state index is 0.0164. The number of nitrogens with zero attached hydrogens (tertiary/aromatic N) is 2. The molecule has 1 aromatic rings. The standard InChI is InChI=1S/C13H13F7N2S.C2H6/c1-7-4-8(14)9(5-10(7)23-6-12(15,16)17)21-11(22(2)3)13(18,19)20;1-2/h4-5H,6H2,1-3H3;1-2H3. The highest BCUT2D eigenvalue weighted by atomic mass is 32.2. The molecule has 1 aromatic carbocycles. The van der Waals surface area contributed by atoms with Gasteiger partial charge in [-0.1, -0.05) is 13.8 Å². The lowest BCUT2D eigenvalue weighted by atomic mass is 10.2. The van der Waals surface area contributed by atoms with Gasteiger partial charge in [0.05, 0.1) is 5.75 Å². The van der Waals surface area contributed by atoms with E-state index >= 15 is 0 Å². The molecule has 0 fully saturated rings. The molecule has 0 amide bonds. The molecular weight excluding hydrogens is 373 g/mol. The first-order chi connectivity index (χ1) is 11.3. The summed E-state index contributed by atoms with van der Waals surface area (Å²) in [6.07, 6.45) is -9.27. The van der Waals surface area contributed by atoms with E-state index in [4.69, 9.17) is 0 Å². The van der Waals surface area contributed by atoms with Crippen molar-refractivity contribution >= 4 is 23.3 Å². The number of hydrogen-bond donors (Lipinski definition) is 0. The molecule has 0 saturated heterocycles. The molecule has 1 rings (SSSR count). The Bertz CT molecular complexity index is 593. The van der Waals surface area contributed by atoms with E-state index in [1.807, 2.05) is 13.8 Å². The molecule has 10 heteroatoms. The van der Waals surface area contributed by atoms with E-state index in [2.05, 4.69) is 4.99 Å². The number of thioether (sulfide) groups is 1. The Morgan fingerprint density at radius 2 is 1.60 bits per heavy atom. The summed E-state index contributed by atoms with van der Waals surface area (Å²) in [7, 11) is 2.16. The largest absolute Gasteiger partial charge is 0.449 e. The van der Waals surface area contributed by atoms with E-state index in [0.29, 0.717) is 16.7 Å². The third-order valence-electron chi connectivity index (χ3n) is 2.54. The van der Waals surface area contributed by atoms with Crippen LogP contribution >= 0.6 is 11.8 Å². The van der Waals surface area contributed by atoms with Crippen molar-refractivity contribution in [2.24, 2.45) is 4.99 Å². The van der Waals surface area contributed by atoms with Crippen molar-refractivity contribution in [3.63, 3.8) is 0 Å². The summed E-state index contributed by atoms with van der Waals surface area (Å²) in [6, 6.07) is 1.75. The van der Waals surface area contributed by atoms with Gasteiger partial charge in [-0.05, 0) is 24.6 Å². The van der Waals surface area contributed by atoms with Gasteiger partial charge in [0.2, 0.25) is 5.84 Å². The molecule has 25 heavy (non-hydrogen) atoms. The molecule has 2 nitrogen and oxygen atoms in total. The van der Waals surface area contributed by atoms with Crippen LogP contribution in [0.2, 0.25) is 0 Å². The quantitative estimate of drug-likeness (QED) is 0.273. The van der Waals surface area contributed by atoms with Crippen LogP contribution in [0.1, 0.15) is 19.4 Å². The normalized spacial score (nSPS) is 12.6. The van der Waals surface area contributed by atoms with Gasteiger partial charge >= 0.3 is 12.4 Å². The summed E-state index contributed by atoms with van der Waals surface area (Å²) >= 11 is 0.364. The molecule has 144 valence electrons. The number of alkyl halides is 6. The van der Waals surface area contributed by atoms with E-state index < -0.39 is 35.4 Å². The van der Waals surface area contributed by atoms with Crippen molar-refractivity contribution in [1.29, 1.82) is 0 Å². The number of aliphatic imine (C=N–C) groups is 1. The Kier molecular flexibility index (Phi) is 8.76. The van der Waals surface area contributed by atoms with Crippen molar-refractivity contribution in [2.45, 2.75) is 38.0 Å². The fourth-order valence-corrected chi connectivity index (χ4v) is 2.37. The van der Waals surface area contributed by atoms with Gasteiger partial charge in [-0.3, -0.25) is 0 Å². The highest BCUT2D eigenvalue weighted by Crippen LogP contribution is 2.34. The lowest BCUT2D eigenvalue weighted by molar-refractivity contribution is -0.105. The van der Waals surface area contributed by atoms with Crippen molar-refractivity contribution in [2.75, 3.05) is 19.8 Å². The van der Waals surface area contributed by atoms with Crippen molar-refractivity contribution < 1.29 is 30.7 Å². The molecule has 0 heterocycles. The molecular formula is C15H19F7N2S. The Labute approximate surface area is 146 Å². The summed E-state index contributed by atoms with van der Waals surface area (Å²) in [4.78, 5) is 3.89. The average Bonchev–Trinajstić information content (AvgIpc) is 2.44. The minimum atomic E-state index is -4.82. The lowest BCUT2D eigenvalue weighted by Crippen LogP contribution is -2.36. The summed E-state index contributed by atoms with van der Waals surface area (Å²) in [6.45, 7) is 5.37. The fourth-order valence-electron chi connectivity index (χ4n) is 1.57. The first-order valence-corrected chi connectivity index (χ1v) is 8.12. The van der Waals surface area contributed by atoms with Gasteiger partial charge in [0, 0.05) is 19.0 Å². The van der Waals surface area contributed by atoms with E-state index in [9.17, 15) is 30.7 Å². The molecule has 0 unspecified atom stereocenters. The van der Waals surface area contributed by atoms with E-state index in [1.165, 1.54) is 6.92 Å². The monoisotopic (exact) mass is 392 g/mol. The molecule has 0 aliphatic carbocycles. The molecule has 0 saturated carbocycles.